The summed E-state index contributed by atoms with van der Waals surface area (Å²) in [4.78, 5) is 0.213. The number of benzene rings is 1. The highest BCUT2D eigenvalue weighted by molar-refractivity contribution is 7.89. The van der Waals surface area contributed by atoms with Crippen molar-refractivity contribution in [3.8, 4) is 0 Å². The second-order valence-corrected chi connectivity index (χ2v) is 8.46. The molecule has 21 heavy (non-hydrogen) atoms. The highest BCUT2D eigenvalue weighted by atomic mass is 32.2. The first kappa shape index (κ1) is 14.9. The summed E-state index contributed by atoms with van der Waals surface area (Å²) >= 11 is 0. The first-order valence-electron chi connectivity index (χ1n) is 7.24. The predicted octanol–water partition coefficient (Wildman–Crippen LogP) is 1.75. The van der Waals surface area contributed by atoms with E-state index in [1.165, 1.54) is 18.2 Å². The van der Waals surface area contributed by atoms with Crippen LogP contribution in [-0.2, 0) is 10.0 Å². The van der Waals surface area contributed by atoms with Gasteiger partial charge in [0.2, 0.25) is 10.0 Å². The topological polar surface area (TPSA) is 49.4 Å². The molecule has 1 N–H and O–H groups in total. The lowest BCUT2D eigenvalue weighted by Gasteiger charge is -2.34. The minimum Gasteiger partial charge on any atom is -0.316 e. The Bertz CT molecular complexity index is 672. The minimum absolute atomic E-state index is 0.213. The lowest BCUT2D eigenvalue weighted by molar-refractivity contribution is 0.233. The highest BCUT2D eigenvalue weighted by Gasteiger charge is 2.54. The van der Waals surface area contributed by atoms with Gasteiger partial charge in [0.15, 0.2) is 0 Å². The maximum absolute atomic E-state index is 13.2. The molecule has 2 aliphatic rings. The number of sulfonamides is 1. The van der Waals surface area contributed by atoms with Gasteiger partial charge in [0.05, 0.1) is 4.90 Å². The Morgan fingerprint density at radius 2 is 2.05 bits per heavy atom. The van der Waals surface area contributed by atoms with Gasteiger partial charge < -0.3 is 5.32 Å². The third kappa shape index (κ3) is 2.20. The average Bonchev–Trinajstić information content (AvgIpc) is 2.91. The first-order valence-corrected chi connectivity index (χ1v) is 8.68. The molecule has 2 unspecified atom stereocenters. The zero-order valence-corrected chi connectivity index (χ0v) is 13.4. The van der Waals surface area contributed by atoms with Crippen molar-refractivity contribution < 1.29 is 12.8 Å². The van der Waals surface area contributed by atoms with E-state index in [0.29, 0.717) is 23.9 Å². The summed E-state index contributed by atoms with van der Waals surface area (Å²) in [5.74, 6) is 0.275. The van der Waals surface area contributed by atoms with Crippen LogP contribution in [0.3, 0.4) is 0 Å². The van der Waals surface area contributed by atoms with Crippen LogP contribution in [0.25, 0.3) is 0 Å². The molecule has 0 aromatic heterocycles. The fraction of sp³-hybridized carbons (Fsp3) is 0.600. The second-order valence-electron chi connectivity index (χ2n) is 6.62. The molecular weight excluding hydrogens is 291 g/mol. The monoisotopic (exact) mass is 312 g/mol. The molecule has 0 aliphatic carbocycles. The minimum atomic E-state index is -3.60. The van der Waals surface area contributed by atoms with E-state index in [-0.39, 0.29) is 4.90 Å². The summed E-state index contributed by atoms with van der Waals surface area (Å²) in [6.45, 7) is 7.86. The zero-order chi connectivity index (χ0) is 15.4. The Labute approximate surface area is 125 Å². The smallest absolute Gasteiger partial charge is 0.243 e. The van der Waals surface area contributed by atoms with Gasteiger partial charge in [-0.2, -0.15) is 4.31 Å². The molecule has 0 bridgehead atoms. The van der Waals surface area contributed by atoms with Crippen LogP contribution >= 0.6 is 0 Å². The molecule has 0 spiro atoms. The molecule has 1 aromatic rings. The van der Waals surface area contributed by atoms with Gasteiger partial charge in [-0.25, -0.2) is 12.8 Å². The zero-order valence-electron chi connectivity index (χ0n) is 12.6. The number of hydrogen-bond donors (Lipinski definition) is 1. The van der Waals surface area contributed by atoms with Crippen molar-refractivity contribution in [3.63, 3.8) is 0 Å². The third-order valence-electron chi connectivity index (χ3n) is 5.00. The van der Waals surface area contributed by atoms with E-state index in [0.717, 1.165) is 13.1 Å². The molecule has 116 valence electrons. The van der Waals surface area contributed by atoms with E-state index in [1.807, 2.05) is 13.8 Å². The van der Waals surface area contributed by atoms with Crippen LogP contribution in [0.4, 0.5) is 4.39 Å². The summed E-state index contributed by atoms with van der Waals surface area (Å²) < 4.78 is 40.8. The summed E-state index contributed by atoms with van der Waals surface area (Å²) in [5.41, 5.74) is 0.0365. The molecule has 2 aliphatic heterocycles. The predicted molar refractivity (Wildman–Crippen MR) is 79.0 cm³/mol. The van der Waals surface area contributed by atoms with Crippen molar-refractivity contribution in [2.24, 2.45) is 11.8 Å². The Hall–Kier alpha value is -0.980. The summed E-state index contributed by atoms with van der Waals surface area (Å²) in [6, 6.07) is 3.87. The Morgan fingerprint density at radius 1 is 1.33 bits per heavy atom. The van der Waals surface area contributed by atoms with Crippen LogP contribution in [-0.4, -0.2) is 37.9 Å². The number of aryl methyl sites for hydroxylation is 1. The average molecular weight is 312 g/mol. The van der Waals surface area contributed by atoms with Crippen LogP contribution in [0.5, 0.6) is 0 Å². The quantitative estimate of drug-likeness (QED) is 0.905. The molecule has 0 amide bonds. The number of nitrogens with one attached hydrogen (secondary N) is 1. The molecule has 2 saturated heterocycles. The number of halogens is 1. The van der Waals surface area contributed by atoms with Gasteiger partial charge in [0.1, 0.15) is 5.82 Å². The standard InChI is InChI=1S/C15H21FN2O2S/c1-10-6-12(16)4-5-14(10)21(19,20)18-9-11-7-17-8-13(11)15(18,2)3/h4-6,11,13,17H,7-9H2,1-3H3. The molecule has 0 saturated carbocycles. The van der Waals surface area contributed by atoms with Crippen molar-refractivity contribution in [2.75, 3.05) is 19.6 Å². The van der Waals surface area contributed by atoms with Gasteiger partial charge in [-0.05, 0) is 62.9 Å². The third-order valence-corrected chi connectivity index (χ3v) is 7.21. The number of fused-ring (bicyclic) bond motifs is 1. The number of rotatable bonds is 2. The van der Waals surface area contributed by atoms with Gasteiger partial charge in [-0.3, -0.25) is 0 Å². The van der Waals surface area contributed by atoms with E-state index in [9.17, 15) is 12.8 Å². The normalized spacial score (nSPS) is 28.8. The van der Waals surface area contributed by atoms with E-state index in [2.05, 4.69) is 5.32 Å². The lowest BCUT2D eigenvalue weighted by atomic mass is 9.85. The molecule has 6 heteroatoms. The molecule has 2 atom stereocenters. The second kappa shape index (κ2) is 4.76. The van der Waals surface area contributed by atoms with Crippen LogP contribution in [0.15, 0.2) is 23.1 Å². The summed E-state index contributed by atoms with van der Waals surface area (Å²) in [6.07, 6.45) is 0. The van der Waals surface area contributed by atoms with Crippen LogP contribution in [0, 0.1) is 24.6 Å². The van der Waals surface area contributed by atoms with E-state index < -0.39 is 21.4 Å². The Kier molecular flexibility index (Phi) is 3.39. The van der Waals surface area contributed by atoms with Gasteiger partial charge in [0.25, 0.3) is 0 Å². The van der Waals surface area contributed by atoms with Crippen molar-refractivity contribution in [3.05, 3.63) is 29.6 Å². The largest absolute Gasteiger partial charge is 0.316 e. The van der Waals surface area contributed by atoms with Crippen molar-refractivity contribution >= 4 is 10.0 Å². The first-order chi connectivity index (χ1) is 9.74. The van der Waals surface area contributed by atoms with E-state index in [4.69, 9.17) is 0 Å². The molecule has 4 nitrogen and oxygen atoms in total. The Morgan fingerprint density at radius 3 is 2.67 bits per heavy atom. The molecule has 1 aromatic carbocycles. The SMILES string of the molecule is Cc1cc(F)ccc1S(=O)(=O)N1CC2CNCC2C1(C)C. The molecule has 0 radical (unpaired) electrons. The van der Waals surface area contributed by atoms with Gasteiger partial charge in [-0.15, -0.1) is 0 Å². The van der Waals surface area contributed by atoms with Crippen molar-refractivity contribution in [1.82, 2.24) is 9.62 Å². The van der Waals surface area contributed by atoms with Gasteiger partial charge >= 0.3 is 0 Å². The molecule has 2 heterocycles. The maximum Gasteiger partial charge on any atom is 0.243 e. The van der Waals surface area contributed by atoms with Crippen molar-refractivity contribution in [1.29, 1.82) is 0 Å². The number of hydrogen-bond acceptors (Lipinski definition) is 3. The van der Waals surface area contributed by atoms with E-state index >= 15 is 0 Å². The van der Waals surface area contributed by atoms with Crippen molar-refractivity contribution in [2.45, 2.75) is 31.2 Å². The lowest BCUT2D eigenvalue weighted by Crippen LogP contribution is -2.47. The number of nitrogens with zero attached hydrogens (tertiary/aromatic N) is 1. The fourth-order valence-corrected chi connectivity index (χ4v) is 5.90. The van der Waals surface area contributed by atoms with Crippen LogP contribution in [0.1, 0.15) is 19.4 Å². The molecule has 3 rings (SSSR count). The summed E-state index contributed by atoms with van der Waals surface area (Å²) in [5, 5.41) is 3.34. The van der Waals surface area contributed by atoms with Crippen LogP contribution in [0.2, 0.25) is 0 Å². The maximum atomic E-state index is 13.2. The fourth-order valence-electron chi connectivity index (χ4n) is 3.81. The Balaban J connectivity index is 2.03. The highest BCUT2D eigenvalue weighted by Crippen LogP contribution is 2.43. The van der Waals surface area contributed by atoms with Crippen LogP contribution < -0.4 is 5.32 Å². The molecular formula is C15H21FN2O2S. The van der Waals surface area contributed by atoms with Gasteiger partial charge in [-0.1, -0.05) is 0 Å². The van der Waals surface area contributed by atoms with Gasteiger partial charge in [0, 0.05) is 18.6 Å². The van der Waals surface area contributed by atoms with E-state index in [1.54, 1.807) is 11.2 Å². The summed E-state index contributed by atoms with van der Waals surface area (Å²) in [7, 11) is -3.60. The molecule has 2 fully saturated rings.